The fourth-order valence-corrected chi connectivity index (χ4v) is 7.79. The minimum absolute atomic E-state index is 0.0680. The second-order valence-corrected chi connectivity index (χ2v) is 17.8. The van der Waals surface area contributed by atoms with Gasteiger partial charge in [-0.25, -0.2) is 0 Å². The number of unbranched alkanes of at least 4 members (excludes halogenated alkanes) is 35. The average Bonchev–Trinajstić information content (AvgIpc) is 3.23. The Hall–Kier alpha value is -1.85. The summed E-state index contributed by atoms with van der Waals surface area (Å²) in [5.74, 6) is -0.860. The molecule has 0 saturated carbocycles. The van der Waals surface area contributed by atoms with Gasteiger partial charge in [0.1, 0.15) is 13.2 Å². The average molecular weight is 833 g/mol. The molecule has 1 atom stereocenters. The van der Waals surface area contributed by atoms with Crippen molar-refractivity contribution in [2.24, 2.45) is 0 Å². The lowest BCUT2D eigenvalue weighted by Gasteiger charge is -2.18. The first-order valence-corrected chi connectivity index (χ1v) is 26.2. The lowest BCUT2D eigenvalue weighted by molar-refractivity contribution is -0.167. The Kier molecular flexibility index (Phi) is 47.3. The van der Waals surface area contributed by atoms with E-state index in [0.29, 0.717) is 19.3 Å². The van der Waals surface area contributed by atoms with E-state index >= 15 is 0 Å². The van der Waals surface area contributed by atoms with Gasteiger partial charge in [-0.3, -0.25) is 14.4 Å². The highest BCUT2D eigenvalue weighted by Crippen LogP contribution is 2.16. The van der Waals surface area contributed by atoms with Crippen molar-refractivity contribution in [1.29, 1.82) is 0 Å². The monoisotopic (exact) mass is 833 g/mol. The molecule has 0 spiro atoms. The van der Waals surface area contributed by atoms with Crippen LogP contribution < -0.4 is 0 Å². The van der Waals surface area contributed by atoms with E-state index in [-0.39, 0.29) is 31.1 Å². The summed E-state index contributed by atoms with van der Waals surface area (Å²) < 4.78 is 16.8. The highest BCUT2D eigenvalue weighted by atomic mass is 16.6. The van der Waals surface area contributed by atoms with Crippen LogP contribution in [-0.2, 0) is 28.6 Å². The number of esters is 3. The Bertz CT molecular complexity index is 916. The number of hydrogen-bond acceptors (Lipinski definition) is 6. The fourth-order valence-electron chi connectivity index (χ4n) is 7.79. The van der Waals surface area contributed by atoms with Gasteiger partial charge in [0.05, 0.1) is 0 Å². The van der Waals surface area contributed by atoms with Crippen molar-refractivity contribution in [3.8, 4) is 0 Å². The molecule has 0 aromatic heterocycles. The summed E-state index contributed by atoms with van der Waals surface area (Å²) in [4.78, 5) is 37.9. The van der Waals surface area contributed by atoms with Crippen LogP contribution in [0, 0.1) is 0 Å². The third-order valence-corrected chi connectivity index (χ3v) is 11.8. The van der Waals surface area contributed by atoms with Crippen LogP contribution in [0.5, 0.6) is 0 Å². The summed E-state index contributed by atoms with van der Waals surface area (Å²) in [7, 11) is 0. The smallest absolute Gasteiger partial charge is 0.306 e. The van der Waals surface area contributed by atoms with Gasteiger partial charge >= 0.3 is 17.9 Å². The van der Waals surface area contributed by atoms with E-state index < -0.39 is 6.10 Å². The van der Waals surface area contributed by atoms with Gasteiger partial charge in [0.2, 0.25) is 0 Å². The van der Waals surface area contributed by atoms with Crippen molar-refractivity contribution in [3.05, 3.63) is 12.2 Å². The summed E-state index contributed by atoms with van der Waals surface area (Å²) in [5.41, 5.74) is 0. The maximum Gasteiger partial charge on any atom is 0.306 e. The maximum atomic E-state index is 12.8. The Labute approximate surface area is 367 Å². The van der Waals surface area contributed by atoms with Gasteiger partial charge in [-0.2, -0.15) is 0 Å². The second kappa shape index (κ2) is 48.8. The molecule has 0 amide bonds. The Morgan fingerprint density at radius 2 is 0.559 bits per heavy atom. The fraction of sp³-hybridized carbons (Fsp3) is 0.906. The van der Waals surface area contributed by atoms with Gasteiger partial charge < -0.3 is 14.2 Å². The molecule has 0 fully saturated rings. The van der Waals surface area contributed by atoms with E-state index in [9.17, 15) is 14.4 Å². The topological polar surface area (TPSA) is 78.9 Å². The number of rotatable bonds is 48. The van der Waals surface area contributed by atoms with Crippen LogP contribution in [0.3, 0.4) is 0 Å². The Morgan fingerprint density at radius 3 is 0.847 bits per heavy atom. The minimum atomic E-state index is -0.767. The van der Waals surface area contributed by atoms with Crippen LogP contribution in [0.1, 0.15) is 290 Å². The quantitative estimate of drug-likeness (QED) is 0.0263. The van der Waals surface area contributed by atoms with Crippen molar-refractivity contribution in [3.63, 3.8) is 0 Å². The van der Waals surface area contributed by atoms with Crippen molar-refractivity contribution in [2.75, 3.05) is 13.2 Å². The van der Waals surface area contributed by atoms with Crippen LogP contribution in [0.15, 0.2) is 12.2 Å². The summed E-state index contributed by atoms with van der Waals surface area (Å²) in [6.45, 7) is 6.65. The second-order valence-electron chi connectivity index (χ2n) is 17.8. The molecule has 0 aliphatic heterocycles. The summed E-state index contributed by atoms with van der Waals surface area (Å²) in [5, 5.41) is 0. The van der Waals surface area contributed by atoms with E-state index in [4.69, 9.17) is 14.2 Å². The standard InChI is InChI=1S/C53H100O6/c1-4-7-10-13-16-19-22-24-26-27-29-31-34-37-40-43-46-52(55)58-49-50(48-57-51(54)45-42-39-36-33-30-21-18-15-12-9-6-3)59-53(56)47-44-41-38-35-32-28-25-23-20-17-14-11-8-5-2/h23,25,50H,4-22,24,26-49H2,1-3H3/b25-23-. The number of hydrogen-bond donors (Lipinski definition) is 0. The molecule has 6 heteroatoms. The van der Waals surface area contributed by atoms with E-state index in [1.807, 2.05) is 0 Å². The first-order chi connectivity index (χ1) is 29.0. The molecule has 1 unspecified atom stereocenters. The lowest BCUT2D eigenvalue weighted by atomic mass is 10.0. The first-order valence-electron chi connectivity index (χ1n) is 26.2. The van der Waals surface area contributed by atoms with Crippen LogP contribution in [0.2, 0.25) is 0 Å². The van der Waals surface area contributed by atoms with Crippen molar-refractivity contribution in [2.45, 2.75) is 297 Å². The predicted molar refractivity (Wildman–Crippen MR) is 252 cm³/mol. The van der Waals surface area contributed by atoms with Crippen LogP contribution >= 0.6 is 0 Å². The number of ether oxygens (including phenoxy) is 3. The molecule has 0 aromatic carbocycles. The van der Waals surface area contributed by atoms with Gasteiger partial charge in [-0.05, 0) is 44.9 Å². The first kappa shape index (κ1) is 57.1. The van der Waals surface area contributed by atoms with Crippen LogP contribution in [0.25, 0.3) is 0 Å². The zero-order chi connectivity index (χ0) is 43.0. The molecule has 0 aromatic rings. The van der Waals surface area contributed by atoms with E-state index in [1.54, 1.807) is 0 Å². The molecule has 0 rings (SSSR count). The maximum absolute atomic E-state index is 12.8. The summed E-state index contributed by atoms with van der Waals surface area (Å²) in [6, 6.07) is 0. The summed E-state index contributed by atoms with van der Waals surface area (Å²) in [6.07, 6.45) is 53.3. The molecule has 0 N–H and O–H groups in total. The van der Waals surface area contributed by atoms with E-state index in [0.717, 1.165) is 64.2 Å². The molecular formula is C53H100O6. The molecule has 0 heterocycles. The zero-order valence-electron chi connectivity index (χ0n) is 39.8. The zero-order valence-corrected chi connectivity index (χ0v) is 39.8. The molecule has 0 bridgehead atoms. The van der Waals surface area contributed by atoms with Gasteiger partial charge in [0.25, 0.3) is 0 Å². The largest absolute Gasteiger partial charge is 0.462 e. The highest BCUT2D eigenvalue weighted by Gasteiger charge is 2.19. The third-order valence-electron chi connectivity index (χ3n) is 11.8. The minimum Gasteiger partial charge on any atom is -0.462 e. The highest BCUT2D eigenvalue weighted by molar-refractivity contribution is 5.71. The van der Waals surface area contributed by atoms with Gasteiger partial charge in [-0.15, -0.1) is 0 Å². The van der Waals surface area contributed by atoms with E-state index in [1.165, 1.54) is 186 Å². The molecule has 0 saturated heterocycles. The van der Waals surface area contributed by atoms with Crippen molar-refractivity contribution < 1.29 is 28.6 Å². The van der Waals surface area contributed by atoms with Crippen molar-refractivity contribution in [1.82, 2.24) is 0 Å². The Balaban J connectivity index is 4.31. The SMILES string of the molecule is CCCCCCC/C=C\CCCCCCCC(=O)OC(COC(=O)CCCCCCCCCCCCC)COC(=O)CCCCCCCCCCCCCCCCCC. The molecule has 0 aliphatic carbocycles. The van der Waals surface area contributed by atoms with E-state index in [2.05, 4.69) is 32.9 Å². The molecule has 0 radical (unpaired) electrons. The molecular weight excluding hydrogens is 733 g/mol. The Morgan fingerprint density at radius 1 is 0.322 bits per heavy atom. The van der Waals surface area contributed by atoms with Crippen molar-refractivity contribution >= 4 is 17.9 Å². The molecule has 348 valence electrons. The number of carbonyl (C=O) groups excluding carboxylic acids is 3. The molecule has 0 aliphatic rings. The summed E-state index contributed by atoms with van der Waals surface area (Å²) >= 11 is 0. The van der Waals surface area contributed by atoms with Crippen LogP contribution in [0.4, 0.5) is 0 Å². The van der Waals surface area contributed by atoms with Gasteiger partial charge in [-0.1, -0.05) is 238 Å². The number of carbonyl (C=O) groups is 3. The third kappa shape index (κ3) is 47.1. The normalized spacial score (nSPS) is 12.0. The van der Waals surface area contributed by atoms with Gasteiger partial charge in [0.15, 0.2) is 6.10 Å². The van der Waals surface area contributed by atoms with Gasteiger partial charge in [0, 0.05) is 19.3 Å². The molecule has 59 heavy (non-hydrogen) atoms. The number of allylic oxidation sites excluding steroid dienone is 2. The lowest BCUT2D eigenvalue weighted by Crippen LogP contribution is -2.30. The predicted octanol–water partition coefficient (Wildman–Crippen LogP) is 17.0. The van der Waals surface area contributed by atoms with Crippen LogP contribution in [-0.4, -0.2) is 37.2 Å². The molecule has 6 nitrogen and oxygen atoms in total.